The van der Waals surface area contributed by atoms with Crippen LogP contribution in [-0.2, 0) is 5.41 Å². The minimum absolute atomic E-state index is 0.0711. The second-order valence-corrected chi connectivity index (χ2v) is 7.52. The third kappa shape index (κ3) is 4.20. The van der Waals surface area contributed by atoms with Crippen LogP contribution in [0, 0.1) is 11.3 Å². The smallest absolute Gasteiger partial charge is 0.345 e. The van der Waals surface area contributed by atoms with Crippen molar-refractivity contribution in [1.82, 2.24) is 0 Å². The van der Waals surface area contributed by atoms with Gasteiger partial charge in [0.05, 0.1) is 23.6 Å². The first-order valence-corrected chi connectivity index (χ1v) is 9.46. The van der Waals surface area contributed by atoms with Crippen LogP contribution in [-0.4, -0.2) is 18.7 Å². The summed E-state index contributed by atoms with van der Waals surface area (Å²) < 4.78 is 42.5. The van der Waals surface area contributed by atoms with Gasteiger partial charge in [-0.1, -0.05) is 35.8 Å². The number of alkyl halides is 3. The average Bonchev–Trinajstić information content (AvgIpc) is 3.14. The van der Waals surface area contributed by atoms with Crippen molar-refractivity contribution >= 4 is 41.4 Å². The molecular formula is C21H15Cl2F3N4. The van der Waals surface area contributed by atoms with Gasteiger partial charge in [-0.05, 0) is 47.9 Å². The van der Waals surface area contributed by atoms with Gasteiger partial charge >= 0.3 is 6.18 Å². The van der Waals surface area contributed by atoms with Gasteiger partial charge in [0.25, 0.3) is 0 Å². The van der Waals surface area contributed by atoms with Crippen LogP contribution < -0.4 is 5.32 Å². The van der Waals surface area contributed by atoms with Gasteiger partial charge in [-0.3, -0.25) is 4.99 Å². The van der Waals surface area contributed by atoms with E-state index in [1.807, 2.05) is 6.07 Å². The summed E-state index contributed by atoms with van der Waals surface area (Å²) >= 11 is 11.9. The Kier molecular flexibility index (Phi) is 6.20. The summed E-state index contributed by atoms with van der Waals surface area (Å²) in [4.78, 5) is 7.93. The van der Waals surface area contributed by atoms with E-state index < -0.39 is 17.6 Å². The third-order valence-electron chi connectivity index (χ3n) is 4.82. The molecule has 2 unspecified atom stereocenters. The Balaban J connectivity index is 1.97. The lowest BCUT2D eigenvalue weighted by Crippen LogP contribution is -2.42. The van der Waals surface area contributed by atoms with E-state index in [1.54, 1.807) is 12.1 Å². The molecule has 2 aromatic rings. The quantitative estimate of drug-likeness (QED) is 0.419. The van der Waals surface area contributed by atoms with Crippen molar-refractivity contribution in [2.24, 2.45) is 9.98 Å². The van der Waals surface area contributed by atoms with Crippen LogP contribution >= 0.6 is 23.2 Å². The minimum atomic E-state index is -4.61. The molecule has 154 valence electrons. The Bertz CT molecular complexity index is 1050. The van der Waals surface area contributed by atoms with Crippen molar-refractivity contribution in [3.05, 3.63) is 75.9 Å². The lowest BCUT2D eigenvalue weighted by atomic mass is 9.77. The summed E-state index contributed by atoms with van der Waals surface area (Å²) in [6.45, 7) is 3.44. The number of nitriles is 1. The molecule has 3 rings (SSSR count). The maximum absolute atomic E-state index is 14.2. The molecule has 0 spiro atoms. The highest BCUT2D eigenvalue weighted by Crippen LogP contribution is 2.51. The zero-order valence-electron chi connectivity index (χ0n) is 15.4. The Morgan fingerprint density at radius 2 is 1.93 bits per heavy atom. The maximum atomic E-state index is 14.2. The lowest BCUT2D eigenvalue weighted by molar-refractivity contribution is -0.168. The zero-order valence-corrected chi connectivity index (χ0v) is 16.9. The monoisotopic (exact) mass is 450 g/mol. The van der Waals surface area contributed by atoms with Gasteiger partial charge in [0.2, 0.25) is 0 Å². The van der Waals surface area contributed by atoms with E-state index in [2.05, 4.69) is 21.9 Å². The van der Waals surface area contributed by atoms with Crippen LogP contribution in [0.5, 0.6) is 0 Å². The van der Waals surface area contributed by atoms with Crippen molar-refractivity contribution in [3.8, 4) is 6.07 Å². The van der Waals surface area contributed by atoms with Gasteiger partial charge in [0.1, 0.15) is 11.5 Å². The number of anilines is 1. The summed E-state index contributed by atoms with van der Waals surface area (Å²) in [6, 6.07) is 9.87. The number of hydrogen-bond acceptors (Lipinski definition) is 3. The zero-order chi connectivity index (χ0) is 21.9. The Hall–Kier alpha value is -2.82. The molecule has 2 aromatic carbocycles. The molecule has 0 radical (unpaired) electrons. The molecule has 0 aromatic heterocycles. The second-order valence-electron chi connectivity index (χ2n) is 6.65. The molecule has 0 saturated carbocycles. The average molecular weight is 451 g/mol. The maximum Gasteiger partial charge on any atom is 0.403 e. The van der Waals surface area contributed by atoms with Crippen molar-refractivity contribution in [2.75, 3.05) is 5.32 Å². The predicted molar refractivity (Wildman–Crippen MR) is 114 cm³/mol. The number of nitrogens with one attached hydrogen (secondary N) is 1. The fraction of sp³-hybridized carbons (Fsp3) is 0.190. The second kappa shape index (κ2) is 8.50. The summed E-state index contributed by atoms with van der Waals surface area (Å²) in [5.41, 5.74) is -1.18. The SMILES string of the molecule is C=CN=CNc1ccc(C2CC(c3cc(Cl)cc(Cl)c3)(C(F)(F)F)C=N2)cc1C#N. The lowest BCUT2D eigenvalue weighted by Gasteiger charge is -2.30. The van der Waals surface area contributed by atoms with Gasteiger partial charge < -0.3 is 5.32 Å². The van der Waals surface area contributed by atoms with Crippen LogP contribution in [0.2, 0.25) is 10.0 Å². The first-order valence-electron chi connectivity index (χ1n) is 8.71. The van der Waals surface area contributed by atoms with Gasteiger partial charge in [-0.15, -0.1) is 0 Å². The molecule has 1 aliphatic heterocycles. The van der Waals surface area contributed by atoms with E-state index in [-0.39, 0.29) is 27.6 Å². The molecular weight excluding hydrogens is 436 g/mol. The first-order chi connectivity index (χ1) is 14.2. The minimum Gasteiger partial charge on any atom is -0.345 e. The van der Waals surface area contributed by atoms with Crippen LogP contribution in [0.15, 0.2) is 59.2 Å². The molecule has 2 atom stereocenters. The number of aliphatic imine (C=N–C) groups is 2. The topological polar surface area (TPSA) is 60.5 Å². The molecule has 1 aliphatic rings. The van der Waals surface area contributed by atoms with E-state index in [0.29, 0.717) is 11.3 Å². The van der Waals surface area contributed by atoms with Crippen molar-refractivity contribution in [3.63, 3.8) is 0 Å². The van der Waals surface area contributed by atoms with E-state index >= 15 is 0 Å². The normalized spacial score (nSPS) is 21.0. The molecule has 0 amide bonds. The molecule has 4 nitrogen and oxygen atoms in total. The molecule has 0 saturated heterocycles. The van der Waals surface area contributed by atoms with Crippen LogP contribution in [0.1, 0.15) is 29.2 Å². The summed E-state index contributed by atoms with van der Waals surface area (Å²) in [6.07, 6.45) is -1.38. The van der Waals surface area contributed by atoms with Crippen LogP contribution in [0.3, 0.4) is 0 Å². The highest BCUT2D eigenvalue weighted by Gasteiger charge is 2.58. The van der Waals surface area contributed by atoms with Crippen molar-refractivity contribution in [1.29, 1.82) is 5.26 Å². The predicted octanol–water partition coefficient (Wildman–Crippen LogP) is 6.46. The molecule has 0 fully saturated rings. The van der Waals surface area contributed by atoms with Crippen molar-refractivity contribution < 1.29 is 13.2 Å². The fourth-order valence-electron chi connectivity index (χ4n) is 3.33. The number of benzene rings is 2. The Morgan fingerprint density at radius 3 is 2.53 bits per heavy atom. The first kappa shape index (κ1) is 21.9. The summed E-state index contributed by atoms with van der Waals surface area (Å²) in [7, 11) is 0. The fourth-order valence-corrected chi connectivity index (χ4v) is 3.86. The Morgan fingerprint density at radius 1 is 1.23 bits per heavy atom. The van der Waals surface area contributed by atoms with Gasteiger partial charge in [0.15, 0.2) is 0 Å². The number of hydrogen-bond donors (Lipinski definition) is 1. The van der Waals surface area contributed by atoms with Crippen LogP contribution in [0.25, 0.3) is 0 Å². The van der Waals surface area contributed by atoms with E-state index in [0.717, 1.165) is 6.21 Å². The third-order valence-corrected chi connectivity index (χ3v) is 5.26. The number of nitrogens with zero attached hydrogens (tertiary/aromatic N) is 3. The van der Waals surface area contributed by atoms with Gasteiger partial charge in [-0.2, -0.15) is 18.4 Å². The van der Waals surface area contributed by atoms with E-state index in [9.17, 15) is 18.4 Å². The van der Waals surface area contributed by atoms with Crippen LogP contribution in [0.4, 0.5) is 18.9 Å². The molecule has 1 N–H and O–H groups in total. The van der Waals surface area contributed by atoms with E-state index in [4.69, 9.17) is 23.2 Å². The molecule has 0 bridgehead atoms. The number of halogens is 5. The molecule has 1 heterocycles. The van der Waals surface area contributed by atoms with E-state index in [1.165, 1.54) is 36.8 Å². The number of rotatable bonds is 5. The van der Waals surface area contributed by atoms with Crippen molar-refractivity contribution in [2.45, 2.75) is 24.1 Å². The summed E-state index contributed by atoms with van der Waals surface area (Å²) in [5.74, 6) is 0. The largest absolute Gasteiger partial charge is 0.403 e. The molecule has 9 heteroatoms. The van der Waals surface area contributed by atoms with Gasteiger partial charge in [0, 0.05) is 22.5 Å². The molecule has 0 aliphatic carbocycles. The highest BCUT2D eigenvalue weighted by molar-refractivity contribution is 6.34. The summed E-state index contributed by atoms with van der Waals surface area (Å²) in [5, 5.41) is 12.5. The highest BCUT2D eigenvalue weighted by atomic mass is 35.5. The standard InChI is InChI=1S/C21H15Cl2F3N4/c1-2-28-12-30-18-4-3-13(5-14(18)10-27)19-9-20(11-29-19,21(24,25)26)15-6-16(22)8-17(23)7-15/h2-8,11-12,19H,1,9H2,(H,28,30). The van der Waals surface area contributed by atoms with Gasteiger partial charge in [-0.25, -0.2) is 4.99 Å². The Labute approximate surface area is 181 Å². The molecule has 30 heavy (non-hydrogen) atoms.